The number of carbonyl (C=O) groups excluding carboxylic acids is 2. The van der Waals surface area contributed by atoms with Crippen molar-refractivity contribution in [1.29, 1.82) is 0 Å². The average molecular weight is 470 g/mol. The molecular formula is C25H31N3O6. The van der Waals surface area contributed by atoms with Gasteiger partial charge in [-0.05, 0) is 42.7 Å². The van der Waals surface area contributed by atoms with Crippen LogP contribution in [0.1, 0.15) is 24.2 Å². The van der Waals surface area contributed by atoms with Crippen molar-refractivity contribution >= 4 is 11.8 Å². The first-order chi connectivity index (χ1) is 16.7. The largest absolute Gasteiger partial charge is 0.467 e. The third kappa shape index (κ3) is 5.71. The zero-order valence-corrected chi connectivity index (χ0v) is 19.3. The van der Waals surface area contributed by atoms with Gasteiger partial charge in [0.05, 0.1) is 32.6 Å². The van der Waals surface area contributed by atoms with Gasteiger partial charge in [0.1, 0.15) is 5.76 Å². The fourth-order valence-corrected chi connectivity index (χ4v) is 4.29. The molecule has 5 rings (SSSR count). The molecule has 182 valence electrons. The number of ether oxygens (including phenoxy) is 3. The van der Waals surface area contributed by atoms with E-state index in [4.69, 9.17) is 18.6 Å². The van der Waals surface area contributed by atoms with Crippen LogP contribution >= 0.6 is 0 Å². The molecule has 2 fully saturated rings. The van der Waals surface area contributed by atoms with Gasteiger partial charge in [-0.15, -0.1) is 0 Å². The van der Waals surface area contributed by atoms with E-state index in [1.165, 1.54) is 0 Å². The quantitative estimate of drug-likeness (QED) is 0.527. The molecule has 3 heterocycles. The molecular weight excluding hydrogens is 438 g/mol. The summed E-state index contributed by atoms with van der Waals surface area (Å²) in [4.78, 5) is 32.3. The molecule has 9 heteroatoms. The summed E-state index contributed by atoms with van der Waals surface area (Å²) < 4.78 is 21.8. The molecule has 3 aliphatic rings. The second-order valence-electron chi connectivity index (χ2n) is 9.00. The lowest BCUT2D eigenvalue weighted by Crippen LogP contribution is -2.47. The number of nitrogens with zero attached hydrogens (tertiary/aromatic N) is 3. The first kappa shape index (κ1) is 22.7. The summed E-state index contributed by atoms with van der Waals surface area (Å²) in [5.41, 5.74) is 0.928. The Morgan fingerprint density at radius 2 is 1.82 bits per heavy atom. The maximum atomic E-state index is 13.5. The van der Waals surface area contributed by atoms with Crippen molar-refractivity contribution in [2.75, 3.05) is 52.7 Å². The second kappa shape index (κ2) is 10.5. The summed E-state index contributed by atoms with van der Waals surface area (Å²) in [5.74, 6) is 2.12. The molecule has 1 aromatic heterocycles. The summed E-state index contributed by atoms with van der Waals surface area (Å²) in [6.45, 7) is 5.39. The highest BCUT2D eigenvalue weighted by Crippen LogP contribution is 2.33. The Kier molecular flexibility index (Phi) is 7.01. The number of benzene rings is 1. The van der Waals surface area contributed by atoms with Crippen molar-refractivity contribution in [3.63, 3.8) is 0 Å². The normalized spacial score (nSPS) is 17.5. The number of carbonyl (C=O) groups is 2. The van der Waals surface area contributed by atoms with E-state index in [9.17, 15) is 9.59 Å². The molecule has 34 heavy (non-hydrogen) atoms. The molecule has 0 bridgehead atoms. The highest BCUT2D eigenvalue weighted by Gasteiger charge is 2.35. The molecule has 2 aromatic rings. The van der Waals surface area contributed by atoms with Gasteiger partial charge in [-0.1, -0.05) is 6.07 Å². The number of morpholine rings is 1. The minimum absolute atomic E-state index is 0.0601. The molecule has 0 unspecified atom stereocenters. The van der Waals surface area contributed by atoms with Gasteiger partial charge in [-0.2, -0.15) is 0 Å². The monoisotopic (exact) mass is 469 g/mol. The van der Waals surface area contributed by atoms with Crippen LogP contribution in [0.15, 0.2) is 41.0 Å². The Hall–Kier alpha value is -3.04. The number of hydrogen-bond donors (Lipinski definition) is 0. The minimum atomic E-state index is -0.106. The van der Waals surface area contributed by atoms with Crippen LogP contribution in [-0.4, -0.2) is 79.2 Å². The highest BCUT2D eigenvalue weighted by molar-refractivity contribution is 5.87. The van der Waals surface area contributed by atoms with Gasteiger partial charge in [0, 0.05) is 38.6 Å². The standard InChI is InChI=1S/C25H31N3O6/c29-24(17-27(25(30)20-4-5-20)8-7-26-9-12-31-13-10-26)28(16-21-2-1-11-32-21)15-19-3-6-22-23(14-19)34-18-33-22/h1-3,6,11,14,20H,4-5,7-10,12-13,15-18H2. The van der Waals surface area contributed by atoms with Gasteiger partial charge < -0.3 is 28.4 Å². The Bertz CT molecular complexity index is 985. The Morgan fingerprint density at radius 3 is 2.59 bits per heavy atom. The molecule has 1 aliphatic carbocycles. The number of furan rings is 1. The van der Waals surface area contributed by atoms with Gasteiger partial charge in [0.25, 0.3) is 0 Å². The highest BCUT2D eigenvalue weighted by atomic mass is 16.7. The average Bonchev–Trinajstić information content (AvgIpc) is 3.38. The Morgan fingerprint density at radius 1 is 1.00 bits per heavy atom. The molecule has 2 aliphatic heterocycles. The lowest BCUT2D eigenvalue weighted by Gasteiger charge is -2.31. The van der Waals surface area contributed by atoms with Crippen LogP contribution < -0.4 is 9.47 Å². The summed E-state index contributed by atoms with van der Waals surface area (Å²) in [6.07, 6.45) is 3.42. The van der Waals surface area contributed by atoms with Gasteiger partial charge in [0.2, 0.25) is 18.6 Å². The van der Waals surface area contributed by atoms with Crippen molar-refractivity contribution < 1.29 is 28.2 Å². The lowest BCUT2D eigenvalue weighted by molar-refractivity contribution is -0.142. The number of fused-ring (bicyclic) bond motifs is 1. The van der Waals surface area contributed by atoms with Crippen molar-refractivity contribution in [3.8, 4) is 11.5 Å². The van der Waals surface area contributed by atoms with Crippen molar-refractivity contribution in [1.82, 2.24) is 14.7 Å². The third-order valence-corrected chi connectivity index (χ3v) is 6.44. The van der Waals surface area contributed by atoms with Crippen LogP contribution in [0.25, 0.3) is 0 Å². The topological polar surface area (TPSA) is 84.7 Å². The minimum Gasteiger partial charge on any atom is -0.467 e. The van der Waals surface area contributed by atoms with Crippen LogP contribution in [0, 0.1) is 5.92 Å². The predicted octanol–water partition coefficient (Wildman–Crippen LogP) is 2.11. The summed E-state index contributed by atoms with van der Waals surface area (Å²) in [7, 11) is 0. The third-order valence-electron chi connectivity index (χ3n) is 6.44. The Balaban J connectivity index is 1.28. The van der Waals surface area contributed by atoms with Crippen molar-refractivity contribution in [2.45, 2.75) is 25.9 Å². The van der Waals surface area contributed by atoms with E-state index < -0.39 is 0 Å². The van der Waals surface area contributed by atoms with Gasteiger partial charge in [0.15, 0.2) is 11.5 Å². The maximum Gasteiger partial charge on any atom is 0.242 e. The van der Waals surface area contributed by atoms with Crippen LogP contribution in [0.4, 0.5) is 0 Å². The zero-order chi connectivity index (χ0) is 23.3. The van der Waals surface area contributed by atoms with E-state index in [1.807, 2.05) is 30.3 Å². The Labute approximate surface area is 199 Å². The fraction of sp³-hybridized carbons (Fsp3) is 0.520. The number of hydrogen-bond acceptors (Lipinski definition) is 7. The number of rotatable bonds is 10. The first-order valence-corrected chi connectivity index (χ1v) is 11.9. The molecule has 0 radical (unpaired) electrons. The van der Waals surface area contributed by atoms with E-state index in [1.54, 1.807) is 16.1 Å². The van der Waals surface area contributed by atoms with Crippen molar-refractivity contribution in [2.24, 2.45) is 5.92 Å². The zero-order valence-electron chi connectivity index (χ0n) is 19.3. The molecule has 0 spiro atoms. The smallest absolute Gasteiger partial charge is 0.242 e. The first-order valence-electron chi connectivity index (χ1n) is 11.9. The molecule has 1 saturated carbocycles. The second-order valence-corrected chi connectivity index (χ2v) is 9.00. The summed E-state index contributed by atoms with van der Waals surface area (Å²) >= 11 is 0. The maximum absolute atomic E-state index is 13.5. The predicted molar refractivity (Wildman–Crippen MR) is 122 cm³/mol. The van der Waals surface area contributed by atoms with Gasteiger partial charge >= 0.3 is 0 Å². The van der Waals surface area contributed by atoms with Gasteiger partial charge in [-0.25, -0.2) is 0 Å². The number of amides is 2. The molecule has 0 atom stereocenters. The SMILES string of the molecule is O=C(CN(CCN1CCOCC1)C(=O)C1CC1)N(Cc1ccc2c(c1)OCO2)Cc1ccco1. The molecule has 0 N–H and O–H groups in total. The summed E-state index contributed by atoms with van der Waals surface area (Å²) in [5, 5.41) is 0. The molecule has 1 aromatic carbocycles. The van der Waals surface area contributed by atoms with E-state index in [0.717, 1.165) is 38.0 Å². The fourth-order valence-electron chi connectivity index (χ4n) is 4.29. The van der Waals surface area contributed by atoms with Crippen LogP contribution in [0.2, 0.25) is 0 Å². The lowest BCUT2D eigenvalue weighted by atomic mass is 10.1. The van der Waals surface area contributed by atoms with E-state index in [2.05, 4.69) is 4.90 Å². The molecule has 1 saturated heterocycles. The van der Waals surface area contributed by atoms with E-state index >= 15 is 0 Å². The van der Waals surface area contributed by atoms with E-state index in [0.29, 0.717) is 50.1 Å². The summed E-state index contributed by atoms with van der Waals surface area (Å²) in [6, 6.07) is 9.35. The van der Waals surface area contributed by atoms with Crippen LogP contribution in [-0.2, 0) is 27.4 Å². The van der Waals surface area contributed by atoms with Crippen molar-refractivity contribution in [3.05, 3.63) is 47.9 Å². The van der Waals surface area contributed by atoms with Crippen LogP contribution in [0.5, 0.6) is 11.5 Å². The van der Waals surface area contributed by atoms with Gasteiger partial charge in [-0.3, -0.25) is 14.5 Å². The molecule has 2 amide bonds. The molecule has 9 nitrogen and oxygen atoms in total. The van der Waals surface area contributed by atoms with Crippen LogP contribution in [0.3, 0.4) is 0 Å². The van der Waals surface area contributed by atoms with E-state index in [-0.39, 0.29) is 31.1 Å².